The van der Waals surface area contributed by atoms with E-state index >= 15 is 0 Å². The molecule has 4 heteroatoms. The van der Waals surface area contributed by atoms with Gasteiger partial charge in [-0.2, -0.15) is 0 Å². The first-order chi connectivity index (χ1) is 10.1. The predicted octanol–water partition coefficient (Wildman–Crippen LogP) is 3.75. The number of carbonyl (C=O) groups is 1. The van der Waals surface area contributed by atoms with Crippen LogP contribution in [0.4, 0.5) is 0 Å². The molecule has 1 heterocycles. The van der Waals surface area contributed by atoms with E-state index in [1.165, 1.54) is 5.56 Å². The van der Waals surface area contributed by atoms with Gasteiger partial charge in [0.05, 0.1) is 11.3 Å². The molecule has 106 valence electrons. The fourth-order valence-electron chi connectivity index (χ4n) is 2.19. The topological polar surface area (TPSA) is 62.3 Å². The Hall–Kier alpha value is -2.75. The first-order valence-electron chi connectivity index (χ1n) is 6.66. The fraction of sp³-hybridized carbons (Fsp3) is 0.118. The third-order valence-electron chi connectivity index (χ3n) is 3.34. The number of ether oxygens (including phenoxy) is 1. The number of carboxylic acid groups (broad SMARTS) is 1. The van der Waals surface area contributed by atoms with E-state index in [0.29, 0.717) is 6.61 Å². The Morgan fingerprint density at radius 2 is 1.90 bits per heavy atom. The number of benzene rings is 2. The van der Waals surface area contributed by atoms with Crippen molar-refractivity contribution in [2.75, 3.05) is 0 Å². The zero-order chi connectivity index (χ0) is 14.8. The van der Waals surface area contributed by atoms with Gasteiger partial charge in [0.2, 0.25) is 0 Å². The lowest BCUT2D eigenvalue weighted by atomic mass is 10.2. The van der Waals surface area contributed by atoms with Gasteiger partial charge in [-0.25, -0.2) is 4.79 Å². The van der Waals surface area contributed by atoms with Crippen molar-refractivity contribution in [3.63, 3.8) is 0 Å². The van der Waals surface area contributed by atoms with E-state index in [9.17, 15) is 4.79 Å². The van der Waals surface area contributed by atoms with Gasteiger partial charge in [0.1, 0.15) is 12.4 Å². The van der Waals surface area contributed by atoms with Crippen LogP contribution < -0.4 is 4.74 Å². The van der Waals surface area contributed by atoms with Gasteiger partial charge < -0.3 is 14.8 Å². The van der Waals surface area contributed by atoms with Crippen LogP contribution in [0.1, 0.15) is 21.6 Å². The predicted molar refractivity (Wildman–Crippen MR) is 80.8 cm³/mol. The summed E-state index contributed by atoms with van der Waals surface area (Å²) >= 11 is 0. The van der Waals surface area contributed by atoms with Crippen LogP contribution in [-0.2, 0) is 6.61 Å². The highest BCUT2D eigenvalue weighted by Gasteiger charge is 2.06. The Morgan fingerprint density at radius 3 is 2.62 bits per heavy atom. The summed E-state index contributed by atoms with van der Waals surface area (Å²) in [6.45, 7) is 2.45. The van der Waals surface area contributed by atoms with Crippen LogP contribution in [0.2, 0.25) is 0 Å². The van der Waals surface area contributed by atoms with Gasteiger partial charge in [0.15, 0.2) is 0 Å². The smallest absolute Gasteiger partial charge is 0.335 e. The van der Waals surface area contributed by atoms with Crippen molar-refractivity contribution in [2.45, 2.75) is 13.5 Å². The standard InChI is InChI=1S/C17H15NO3/c1-11-2-6-15(7-3-11)21-10-14-8-12-4-5-13(17(19)20)9-16(12)18-14/h2-9,18H,10H2,1H3,(H,19,20). The number of hydrogen-bond acceptors (Lipinski definition) is 2. The largest absolute Gasteiger partial charge is 0.487 e. The summed E-state index contributed by atoms with van der Waals surface area (Å²) in [6.07, 6.45) is 0. The number of nitrogens with one attached hydrogen (secondary N) is 1. The molecule has 0 bridgehead atoms. The molecule has 0 saturated carbocycles. The van der Waals surface area contributed by atoms with Gasteiger partial charge in [-0.05, 0) is 42.6 Å². The molecule has 0 aliphatic carbocycles. The van der Waals surface area contributed by atoms with Crippen LogP contribution in [0.15, 0.2) is 48.5 Å². The molecule has 0 aliphatic rings. The summed E-state index contributed by atoms with van der Waals surface area (Å²) in [5.41, 5.74) is 3.18. The second-order valence-corrected chi connectivity index (χ2v) is 5.00. The van der Waals surface area contributed by atoms with Gasteiger partial charge in [-0.3, -0.25) is 0 Å². The molecule has 1 aromatic heterocycles. The first-order valence-corrected chi connectivity index (χ1v) is 6.66. The summed E-state index contributed by atoms with van der Waals surface area (Å²) in [4.78, 5) is 14.1. The number of aromatic nitrogens is 1. The van der Waals surface area contributed by atoms with E-state index in [-0.39, 0.29) is 5.56 Å². The molecular weight excluding hydrogens is 266 g/mol. The van der Waals surface area contributed by atoms with Crippen molar-refractivity contribution in [3.05, 3.63) is 65.4 Å². The Labute approximate surface area is 122 Å². The molecule has 3 rings (SSSR count). The fourth-order valence-corrected chi connectivity index (χ4v) is 2.19. The maximum Gasteiger partial charge on any atom is 0.335 e. The lowest BCUT2D eigenvalue weighted by Crippen LogP contribution is -1.96. The monoisotopic (exact) mass is 281 g/mol. The maximum absolute atomic E-state index is 11.0. The Bertz CT molecular complexity index is 787. The number of fused-ring (bicyclic) bond motifs is 1. The molecule has 0 saturated heterocycles. The van der Waals surface area contributed by atoms with Crippen LogP contribution in [0, 0.1) is 6.92 Å². The molecule has 0 aliphatic heterocycles. The van der Waals surface area contributed by atoms with Crippen molar-refractivity contribution in [1.82, 2.24) is 4.98 Å². The number of carboxylic acids is 1. The third-order valence-corrected chi connectivity index (χ3v) is 3.34. The third kappa shape index (κ3) is 2.89. The molecule has 3 aromatic rings. The van der Waals surface area contributed by atoms with Gasteiger partial charge in [0.25, 0.3) is 0 Å². The molecular formula is C17H15NO3. The Morgan fingerprint density at radius 1 is 1.14 bits per heavy atom. The van der Waals surface area contributed by atoms with E-state index in [0.717, 1.165) is 22.3 Å². The van der Waals surface area contributed by atoms with Gasteiger partial charge in [-0.1, -0.05) is 23.8 Å². The summed E-state index contributed by atoms with van der Waals surface area (Å²) in [5, 5.41) is 9.96. The molecule has 0 fully saturated rings. The number of aryl methyl sites for hydroxylation is 1. The van der Waals surface area contributed by atoms with Gasteiger partial charge in [0, 0.05) is 5.52 Å². The van der Waals surface area contributed by atoms with E-state index in [1.54, 1.807) is 18.2 Å². The molecule has 2 aromatic carbocycles. The van der Waals surface area contributed by atoms with E-state index < -0.39 is 5.97 Å². The maximum atomic E-state index is 11.0. The number of aromatic carboxylic acids is 1. The highest BCUT2D eigenvalue weighted by Crippen LogP contribution is 2.19. The Kier molecular flexibility index (Phi) is 3.36. The van der Waals surface area contributed by atoms with E-state index in [4.69, 9.17) is 9.84 Å². The minimum atomic E-state index is -0.927. The lowest BCUT2D eigenvalue weighted by molar-refractivity contribution is 0.0697. The minimum absolute atomic E-state index is 0.273. The van der Waals surface area contributed by atoms with Crippen LogP contribution in [0.3, 0.4) is 0 Å². The van der Waals surface area contributed by atoms with Crippen molar-refractivity contribution in [3.8, 4) is 5.75 Å². The molecule has 0 spiro atoms. The molecule has 0 unspecified atom stereocenters. The second-order valence-electron chi connectivity index (χ2n) is 5.00. The van der Waals surface area contributed by atoms with Crippen molar-refractivity contribution < 1.29 is 14.6 Å². The zero-order valence-corrected chi connectivity index (χ0v) is 11.6. The van der Waals surface area contributed by atoms with E-state index in [2.05, 4.69) is 4.98 Å². The highest BCUT2D eigenvalue weighted by atomic mass is 16.5. The summed E-state index contributed by atoms with van der Waals surface area (Å²) in [6, 6.07) is 14.9. The minimum Gasteiger partial charge on any atom is -0.487 e. The summed E-state index contributed by atoms with van der Waals surface area (Å²) < 4.78 is 5.71. The number of H-pyrrole nitrogens is 1. The number of rotatable bonds is 4. The number of hydrogen-bond donors (Lipinski definition) is 2. The Balaban J connectivity index is 1.78. The quantitative estimate of drug-likeness (QED) is 0.765. The molecule has 0 radical (unpaired) electrons. The summed E-state index contributed by atoms with van der Waals surface area (Å²) in [5.74, 6) is -0.116. The summed E-state index contributed by atoms with van der Waals surface area (Å²) in [7, 11) is 0. The van der Waals surface area contributed by atoms with Crippen LogP contribution in [0.5, 0.6) is 5.75 Å². The average molecular weight is 281 g/mol. The molecule has 0 atom stereocenters. The normalized spacial score (nSPS) is 10.7. The van der Waals surface area contributed by atoms with Crippen molar-refractivity contribution in [1.29, 1.82) is 0 Å². The van der Waals surface area contributed by atoms with E-state index in [1.807, 2.05) is 37.3 Å². The van der Waals surface area contributed by atoms with Crippen molar-refractivity contribution in [2.24, 2.45) is 0 Å². The highest BCUT2D eigenvalue weighted by molar-refractivity contribution is 5.93. The van der Waals surface area contributed by atoms with Gasteiger partial charge in [-0.15, -0.1) is 0 Å². The molecule has 2 N–H and O–H groups in total. The lowest BCUT2D eigenvalue weighted by Gasteiger charge is -2.04. The van der Waals surface area contributed by atoms with Gasteiger partial charge >= 0.3 is 5.97 Å². The average Bonchev–Trinajstić information content (AvgIpc) is 2.88. The molecule has 4 nitrogen and oxygen atoms in total. The zero-order valence-electron chi connectivity index (χ0n) is 11.6. The van der Waals surface area contributed by atoms with Crippen LogP contribution in [-0.4, -0.2) is 16.1 Å². The molecule has 21 heavy (non-hydrogen) atoms. The molecule has 0 amide bonds. The van der Waals surface area contributed by atoms with Crippen molar-refractivity contribution >= 4 is 16.9 Å². The second kappa shape index (κ2) is 5.32. The van der Waals surface area contributed by atoms with Crippen LogP contribution in [0.25, 0.3) is 10.9 Å². The van der Waals surface area contributed by atoms with Crippen LogP contribution >= 0.6 is 0 Å². The number of aromatic amines is 1. The SMILES string of the molecule is Cc1ccc(OCc2cc3ccc(C(=O)O)cc3[nH]2)cc1. The first kappa shape index (κ1) is 13.2.